The Labute approximate surface area is 83.2 Å². The molecule has 0 aliphatic rings. The molecule has 0 saturated carbocycles. The number of aromatic amines is 2. The van der Waals surface area contributed by atoms with Gasteiger partial charge in [0.15, 0.2) is 0 Å². The van der Waals surface area contributed by atoms with Crippen LogP contribution < -0.4 is 22.8 Å². The van der Waals surface area contributed by atoms with E-state index < -0.39 is 0 Å². The van der Waals surface area contributed by atoms with E-state index >= 15 is 0 Å². The van der Waals surface area contributed by atoms with Crippen molar-refractivity contribution in [3.8, 4) is 0 Å². The van der Waals surface area contributed by atoms with Crippen LogP contribution in [0.3, 0.4) is 0 Å². The second kappa shape index (κ2) is 5.65. The molecule has 2 aromatic rings. The molecular weight excluding hydrogens is 202 g/mol. The summed E-state index contributed by atoms with van der Waals surface area (Å²) in [5.41, 5.74) is -0.552. The summed E-state index contributed by atoms with van der Waals surface area (Å²) in [6.45, 7) is 0. The first-order chi connectivity index (χ1) is 6.79. The van der Waals surface area contributed by atoms with Gasteiger partial charge in [0, 0.05) is 6.20 Å². The van der Waals surface area contributed by atoms with Gasteiger partial charge in [-0.3, -0.25) is 36.5 Å². The summed E-state index contributed by atoms with van der Waals surface area (Å²) in [5, 5.41) is 4.70. The van der Waals surface area contributed by atoms with Crippen molar-refractivity contribution < 1.29 is 5.48 Å². The van der Waals surface area contributed by atoms with Crippen molar-refractivity contribution in [3.63, 3.8) is 0 Å². The maximum absolute atomic E-state index is 11.1. The van der Waals surface area contributed by atoms with Crippen molar-refractivity contribution >= 4 is 10.9 Å². The number of hydrazine groups is 1. The first-order valence-corrected chi connectivity index (χ1v) is 3.68. The predicted molar refractivity (Wildman–Crippen MR) is 55.0 cm³/mol. The molecule has 0 aromatic carbocycles. The monoisotopic (exact) mass is 213 g/mol. The van der Waals surface area contributed by atoms with Crippen LogP contribution in [0.4, 0.5) is 0 Å². The van der Waals surface area contributed by atoms with E-state index in [1.807, 2.05) is 0 Å². The Hall–Kier alpha value is -2.03. The number of nitrogens with one attached hydrogen (secondary N) is 2. The maximum Gasteiger partial charge on any atom is 0.289 e. The molecular formula is C7H11N5O3. The maximum atomic E-state index is 11.1. The van der Waals surface area contributed by atoms with E-state index in [-0.39, 0.29) is 22.1 Å². The quantitative estimate of drug-likeness (QED) is 0.283. The molecule has 0 radical (unpaired) electrons. The highest BCUT2D eigenvalue weighted by atomic mass is 16.1. The standard InChI is InChI=1S/C7H5N3O2.H4N2.H2O/c11-6-4-2-1-3-8-5(4)7(12)10-9-6;1-2;/h1-3H,(H,9,11)(H,10,12);1-2H2;1H2. The highest BCUT2D eigenvalue weighted by Gasteiger charge is 2.00. The molecule has 8 nitrogen and oxygen atoms in total. The fourth-order valence-corrected chi connectivity index (χ4v) is 1.01. The van der Waals surface area contributed by atoms with Crippen LogP contribution in [0.15, 0.2) is 27.9 Å². The fourth-order valence-electron chi connectivity index (χ4n) is 1.01. The molecule has 15 heavy (non-hydrogen) atoms. The van der Waals surface area contributed by atoms with Crippen molar-refractivity contribution in [1.29, 1.82) is 0 Å². The predicted octanol–water partition coefficient (Wildman–Crippen LogP) is -2.39. The SMILES string of the molecule is NN.O.O=c1[nH][nH]c(=O)c2ncccc12. The van der Waals surface area contributed by atoms with Crippen LogP contribution in [0, 0.1) is 0 Å². The van der Waals surface area contributed by atoms with Crippen molar-refractivity contribution in [1.82, 2.24) is 15.2 Å². The highest BCUT2D eigenvalue weighted by Crippen LogP contribution is 1.96. The molecule has 8 heteroatoms. The number of hydrogen-bond acceptors (Lipinski definition) is 5. The first kappa shape index (κ1) is 13.0. The van der Waals surface area contributed by atoms with Gasteiger partial charge in [-0.1, -0.05) is 0 Å². The van der Waals surface area contributed by atoms with Gasteiger partial charge < -0.3 is 5.48 Å². The van der Waals surface area contributed by atoms with Gasteiger partial charge >= 0.3 is 0 Å². The zero-order valence-corrected chi connectivity index (χ0v) is 7.65. The summed E-state index contributed by atoms with van der Waals surface area (Å²) in [7, 11) is 0. The van der Waals surface area contributed by atoms with Gasteiger partial charge in [-0.15, -0.1) is 0 Å². The number of pyridine rings is 1. The van der Waals surface area contributed by atoms with Gasteiger partial charge in [-0.05, 0) is 12.1 Å². The minimum atomic E-state index is -0.384. The molecule has 0 aliphatic carbocycles. The van der Waals surface area contributed by atoms with Crippen LogP contribution in [0.2, 0.25) is 0 Å². The van der Waals surface area contributed by atoms with E-state index in [1.54, 1.807) is 12.1 Å². The summed E-state index contributed by atoms with van der Waals surface area (Å²) in [4.78, 5) is 25.9. The Bertz CT molecular complexity index is 483. The number of nitrogens with two attached hydrogens (primary N) is 2. The smallest absolute Gasteiger partial charge is 0.289 e. The molecule has 0 unspecified atom stereocenters. The van der Waals surface area contributed by atoms with Crippen molar-refractivity contribution in [2.24, 2.45) is 11.7 Å². The van der Waals surface area contributed by atoms with Crippen molar-refractivity contribution in [2.45, 2.75) is 0 Å². The Morgan fingerprint density at radius 2 is 1.73 bits per heavy atom. The van der Waals surface area contributed by atoms with Crippen LogP contribution >= 0.6 is 0 Å². The summed E-state index contributed by atoms with van der Waals surface area (Å²) in [6, 6.07) is 3.16. The van der Waals surface area contributed by atoms with E-state index in [9.17, 15) is 9.59 Å². The molecule has 0 bridgehead atoms. The molecule has 82 valence electrons. The first-order valence-electron chi connectivity index (χ1n) is 3.68. The average molecular weight is 213 g/mol. The lowest BCUT2D eigenvalue weighted by atomic mass is 10.3. The van der Waals surface area contributed by atoms with Crippen LogP contribution in [-0.4, -0.2) is 20.7 Å². The summed E-state index contributed by atoms with van der Waals surface area (Å²) in [6.07, 6.45) is 1.47. The van der Waals surface area contributed by atoms with E-state index in [0.717, 1.165) is 0 Å². The lowest BCUT2D eigenvalue weighted by Crippen LogP contribution is -2.19. The molecule has 2 rings (SSSR count). The second-order valence-corrected chi connectivity index (χ2v) is 2.31. The lowest BCUT2D eigenvalue weighted by Gasteiger charge is -1.91. The third-order valence-corrected chi connectivity index (χ3v) is 1.56. The van der Waals surface area contributed by atoms with Gasteiger partial charge in [0.25, 0.3) is 11.1 Å². The van der Waals surface area contributed by atoms with Gasteiger partial charge in [0.1, 0.15) is 5.52 Å². The van der Waals surface area contributed by atoms with Gasteiger partial charge in [-0.25, -0.2) is 0 Å². The molecule has 0 atom stereocenters. The summed E-state index contributed by atoms with van der Waals surface area (Å²) < 4.78 is 0. The van der Waals surface area contributed by atoms with Gasteiger partial charge in [0.05, 0.1) is 5.39 Å². The van der Waals surface area contributed by atoms with Crippen LogP contribution in [-0.2, 0) is 0 Å². The molecule has 8 N–H and O–H groups in total. The molecule has 0 amide bonds. The Morgan fingerprint density at radius 1 is 1.13 bits per heavy atom. The molecule has 0 spiro atoms. The zero-order valence-electron chi connectivity index (χ0n) is 7.65. The minimum absolute atomic E-state index is 0. The number of H-pyrrole nitrogens is 2. The lowest BCUT2D eigenvalue weighted by molar-refractivity contribution is 0.824. The topological polar surface area (TPSA) is 162 Å². The van der Waals surface area contributed by atoms with Crippen LogP contribution in [0.5, 0.6) is 0 Å². The van der Waals surface area contributed by atoms with Crippen LogP contribution in [0.1, 0.15) is 0 Å². The molecule has 2 aromatic heterocycles. The van der Waals surface area contributed by atoms with Crippen LogP contribution in [0.25, 0.3) is 10.9 Å². The number of hydrogen-bond donors (Lipinski definition) is 4. The normalized spacial score (nSPS) is 8.67. The number of fused-ring (bicyclic) bond motifs is 1. The number of nitrogens with zero attached hydrogens (tertiary/aromatic N) is 1. The Balaban J connectivity index is 0.000000617. The largest absolute Gasteiger partial charge is 0.412 e. The van der Waals surface area contributed by atoms with E-state index in [2.05, 4.69) is 26.9 Å². The summed E-state index contributed by atoms with van der Waals surface area (Å²) >= 11 is 0. The average Bonchev–Trinajstić information content (AvgIpc) is 2.27. The molecule has 0 fully saturated rings. The third kappa shape index (κ3) is 2.47. The Morgan fingerprint density at radius 3 is 2.33 bits per heavy atom. The fraction of sp³-hybridized carbons (Fsp3) is 0. The van der Waals surface area contributed by atoms with Gasteiger partial charge in [0.2, 0.25) is 0 Å². The number of aromatic nitrogens is 3. The van der Waals surface area contributed by atoms with E-state index in [1.165, 1.54) is 6.20 Å². The van der Waals surface area contributed by atoms with Gasteiger partial charge in [-0.2, -0.15) is 0 Å². The third-order valence-electron chi connectivity index (χ3n) is 1.56. The van der Waals surface area contributed by atoms with Crippen molar-refractivity contribution in [2.75, 3.05) is 0 Å². The number of rotatable bonds is 0. The minimum Gasteiger partial charge on any atom is -0.412 e. The zero-order chi connectivity index (χ0) is 10.6. The second-order valence-electron chi connectivity index (χ2n) is 2.31. The van der Waals surface area contributed by atoms with Crippen molar-refractivity contribution in [3.05, 3.63) is 39.0 Å². The molecule has 0 saturated heterocycles. The van der Waals surface area contributed by atoms with E-state index in [0.29, 0.717) is 5.39 Å². The molecule has 2 heterocycles. The molecule has 0 aliphatic heterocycles. The Kier molecular flexibility index (Phi) is 4.88. The highest BCUT2D eigenvalue weighted by molar-refractivity contribution is 5.75. The summed E-state index contributed by atoms with van der Waals surface area (Å²) in [5.74, 6) is 8.00. The van der Waals surface area contributed by atoms with E-state index in [4.69, 9.17) is 0 Å².